The minimum Gasteiger partial charge on any atom is -0.465 e. The van der Waals surface area contributed by atoms with Gasteiger partial charge in [-0.1, -0.05) is 25.5 Å². The highest BCUT2D eigenvalue weighted by atomic mass is 16.5. The van der Waals surface area contributed by atoms with Crippen LogP contribution in [0.4, 0.5) is 0 Å². The molecule has 5 heteroatoms. The Bertz CT molecular complexity index is 536. The summed E-state index contributed by atoms with van der Waals surface area (Å²) in [5.41, 5.74) is 1.43. The fraction of sp³-hybridized carbons (Fsp3) is 0.529. The molecule has 5 nitrogen and oxygen atoms in total. The summed E-state index contributed by atoms with van der Waals surface area (Å²) < 4.78 is 10.6. The van der Waals surface area contributed by atoms with Gasteiger partial charge < -0.3 is 9.47 Å². The Kier molecular flexibility index (Phi) is 5.93. The van der Waals surface area contributed by atoms with Gasteiger partial charge in [-0.05, 0) is 24.1 Å². The predicted molar refractivity (Wildman–Crippen MR) is 82.1 cm³/mol. The number of nitriles is 1. The Morgan fingerprint density at radius 2 is 2.18 bits per heavy atom. The van der Waals surface area contributed by atoms with E-state index in [1.54, 1.807) is 12.1 Å². The molecule has 118 valence electrons. The summed E-state index contributed by atoms with van der Waals surface area (Å²) in [5, 5.41) is 9.42. The molecule has 1 heterocycles. The van der Waals surface area contributed by atoms with E-state index >= 15 is 0 Å². The van der Waals surface area contributed by atoms with E-state index in [0.29, 0.717) is 12.3 Å². The first-order valence-electron chi connectivity index (χ1n) is 7.61. The lowest BCUT2D eigenvalue weighted by Crippen LogP contribution is -2.41. The Hall–Kier alpha value is -1.90. The van der Waals surface area contributed by atoms with Crippen molar-refractivity contribution in [2.75, 3.05) is 26.9 Å². The Labute approximate surface area is 131 Å². The summed E-state index contributed by atoms with van der Waals surface area (Å²) in [4.78, 5) is 13.6. The van der Waals surface area contributed by atoms with Crippen LogP contribution in [0.15, 0.2) is 24.3 Å². The minimum atomic E-state index is -0.362. The largest absolute Gasteiger partial charge is 0.465 e. The fourth-order valence-corrected chi connectivity index (χ4v) is 2.63. The van der Waals surface area contributed by atoms with Crippen molar-refractivity contribution in [1.29, 1.82) is 5.26 Å². The van der Waals surface area contributed by atoms with E-state index in [4.69, 9.17) is 4.74 Å². The molecular weight excluding hydrogens is 280 g/mol. The van der Waals surface area contributed by atoms with Gasteiger partial charge in [-0.2, -0.15) is 5.26 Å². The van der Waals surface area contributed by atoms with Crippen LogP contribution in [-0.4, -0.2) is 37.8 Å². The van der Waals surface area contributed by atoms with Gasteiger partial charge in [-0.15, -0.1) is 0 Å². The maximum atomic E-state index is 11.5. The van der Waals surface area contributed by atoms with Gasteiger partial charge in [0.15, 0.2) is 0 Å². The van der Waals surface area contributed by atoms with E-state index in [2.05, 4.69) is 22.6 Å². The lowest BCUT2D eigenvalue weighted by molar-refractivity contribution is -0.0912. The summed E-state index contributed by atoms with van der Waals surface area (Å²) in [7, 11) is 1.36. The summed E-state index contributed by atoms with van der Waals surface area (Å²) in [5.74, 6) is -0.562. The van der Waals surface area contributed by atoms with Crippen LogP contribution in [0, 0.1) is 17.2 Å². The van der Waals surface area contributed by atoms with Crippen LogP contribution < -0.4 is 0 Å². The zero-order valence-electron chi connectivity index (χ0n) is 13.1. The van der Waals surface area contributed by atoms with Crippen LogP contribution in [-0.2, 0) is 9.47 Å². The number of nitrogens with zero attached hydrogens (tertiary/aromatic N) is 2. The first kappa shape index (κ1) is 16.5. The van der Waals surface area contributed by atoms with Gasteiger partial charge in [-0.3, -0.25) is 4.90 Å². The molecule has 0 N–H and O–H groups in total. The second-order valence-electron chi connectivity index (χ2n) is 5.50. The van der Waals surface area contributed by atoms with Crippen molar-refractivity contribution in [3.05, 3.63) is 35.4 Å². The maximum absolute atomic E-state index is 11.5. The molecule has 1 fully saturated rings. The molecule has 0 bridgehead atoms. The summed E-state index contributed by atoms with van der Waals surface area (Å²) in [6.45, 7) is 4.38. The number of benzene rings is 1. The number of hydrogen-bond acceptors (Lipinski definition) is 5. The molecule has 0 amide bonds. The van der Waals surface area contributed by atoms with E-state index in [0.717, 1.165) is 31.5 Å². The van der Waals surface area contributed by atoms with Crippen molar-refractivity contribution in [2.45, 2.75) is 25.9 Å². The van der Waals surface area contributed by atoms with Gasteiger partial charge >= 0.3 is 5.97 Å². The van der Waals surface area contributed by atoms with Crippen molar-refractivity contribution in [2.24, 2.45) is 5.92 Å². The number of ether oxygens (including phenoxy) is 2. The zero-order chi connectivity index (χ0) is 15.9. The van der Waals surface area contributed by atoms with Crippen LogP contribution in [0.5, 0.6) is 0 Å². The molecule has 2 atom stereocenters. The topological polar surface area (TPSA) is 62.6 Å². The van der Waals surface area contributed by atoms with E-state index in [9.17, 15) is 10.1 Å². The minimum absolute atomic E-state index is 0.199. The van der Waals surface area contributed by atoms with E-state index < -0.39 is 0 Å². The molecule has 0 unspecified atom stereocenters. The van der Waals surface area contributed by atoms with Crippen molar-refractivity contribution in [3.63, 3.8) is 0 Å². The van der Waals surface area contributed by atoms with Crippen molar-refractivity contribution in [1.82, 2.24) is 4.90 Å². The molecule has 0 aromatic heterocycles. The van der Waals surface area contributed by atoms with E-state index in [1.165, 1.54) is 7.11 Å². The van der Waals surface area contributed by atoms with Crippen LogP contribution in [0.1, 0.15) is 41.8 Å². The highest BCUT2D eigenvalue weighted by Gasteiger charge is 2.31. The number of carbonyl (C=O) groups is 1. The second-order valence-corrected chi connectivity index (χ2v) is 5.50. The van der Waals surface area contributed by atoms with E-state index in [1.807, 2.05) is 12.1 Å². The molecule has 2 rings (SSSR count). The molecule has 1 saturated heterocycles. The molecule has 0 spiro atoms. The molecule has 0 saturated carbocycles. The van der Waals surface area contributed by atoms with Gasteiger partial charge in [0.1, 0.15) is 6.10 Å². The van der Waals surface area contributed by atoms with Crippen molar-refractivity contribution in [3.8, 4) is 6.07 Å². The Morgan fingerprint density at radius 3 is 2.77 bits per heavy atom. The standard InChI is InChI=1S/C17H22N2O3/c1-3-4-9-19-11-15(10-18)16(22-12-19)13-5-7-14(8-6-13)17(20)21-2/h5-8,15-16H,3-4,9,11-12H2,1-2H3/t15-,16+/m0/s1. The van der Waals surface area contributed by atoms with Gasteiger partial charge in [0, 0.05) is 13.1 Å². The third-order valence-electron chi connectivity index (χ3n) is 3.91. The highest BCUT2D eigenvalue weighted by molar-refractivity contribution is 5.89. The smallest absolute Gasteiger partial charge is 0.337 e. The van der Waals surface area contributed by atoms with Crippen LogP contribution in [0.3, 0.4) is 0 Å². The SMILES string of the molecule is CCCCN1CO[C@H](c2ccc(C(=O)OC)cc2)[C@@H](C#N)C1. The first-order valence-corrected chi connectivity index (χ1v) is 7.61. The second kappa shape index (κ2) is 7.92. The fourth-order valence-electron chi connectivity index (χ4n) is 2.63. The number of methoxy groups -OCH3 is 1. The quantitative estimate of drug-likeness (QED) is 0.783. The molecule has 1 aromatic carbocycles. The predicted octanol–water partition coefficient (Wildman–Crippen LogP) is 2.74. The third kappa shape index (κ3) is 3.85. The number of hydrogen-bond donors (Lipinski definition) is 0. The highest BCUT2D eigenvalue weighted by Crippen LogP contribution is 2.30. The average Bonchev–Trinajstić information content (AvgIpc) is 2.59. The van der Waals surface area contributed by atoms with Crippen LogP contribution in [0.25, 0.3) is 0 Å². The molecule has 0 aliphatic carbocycles. The molecular formula is C17H22N2O3. The van der Waals surface area contributed by atoms with Crippen LogP contribution in [0.2, 0.25) is 0 Å². The zero-order valence-corrected chi connectivity index (χ0v) is 13.1. The summed E-state index contributed by atoms with van der Waals surface area (Å²) in [6.07, 6.45) is 2.00. The molecule has 1 aliphatic rings. The summed E-state index contributed by atoms with van der Waals surface area (Å²) >= 11 is 0. The molecule has 0 radical (unpaired) electrons. The van der Waals surface area contributed by atoms with Crippen molar-refractivity contribution >= 4 is 5.97 Å². The number of carbonyl (C=O) groups excluding carboxylic acids is 1. The van der Waals surface area contributed by atoms with Crippen LogP contribution >= 0.6 is 0 Å². The lowest BCUT2D eigenvalue weighted by atomic mass is 9.94. The lowest BCUT2D eigenvalue weighted by Gasteiger charge is -2.35. The maximum Gasteiger partial charge on any atom is 0.337 e. The Morgan fingerprint density at radius 1 is 1.45 bits per heavy atom. The molecule has 22 heavy (non-hydrogen) atoms. The molecule has 1 aromatic rings. The first-order chi connectivity index (χ1) is 10.7. The summed E-state index contributed by atoms with van der Waals surface area (Å²) in [6, 6.07) is 9.44. The Balaban J connectivity index is 2.05. The third-order valence-corrected chi connectivity index (χ3v) is 3.91. The normalized spacial score (nSPS) is 22.0. The van der Waals surface area contributed by atoms with Gasteiger partial charge in [-0.25, -0.2) is 4.79 Å². The van der Waals surface area contributed by atoms with Gasteiger partial charge in [0.25, 0.3) is 0 Å². The average molecular weight is 302 g/mol. The number of rotatable bonds is 5. The van der Waals surface area contributed by atoms with Crippen molar-refractivity contribution < 1.29 is 14.3 Å². The van der Waals surface area contributed by atoms with Gasteiger partial charge in [0.2, 0.25) is 0 Å². The van der Waals surface area contributed by atoms with E-state index in [-0.39, 0.29) is 18.0 Å². The van der Waals surface area contributed by atoms with Gasteiger partial charge in [0.05, 0.1) is 31.4 Å². The number of unbranched alkanes of at least 4 members (excludes halogenated alkanes) is 1. The monoisotopic (exact) mass is 302 g/mol. The molecule has 1 aliphatic heterocycles. The number of esters is 1.